The van der Waals surface area contributed by atoms with Crippen molar-refractivity contribution in [3.8, 4) is 5.75 Å². The number of thioether (sulfide) groups is 1. The Labute approximate surface area is 112 Å². The lowest BCUT2D eigenvalue weighted by Crippen LogP contribution is -2.10. The highest BCUT2D eigenvalue weighted by atomic mass is 32.2. The number of primary amides is 1. The average Bonchev–Trinajstić information content (AvgIpc) is 2.85. The van der Waals surface area contributed by atoms with Gasteiger partial charge in [0, 0.05) is 5.75 Å². The standard InChI is InChI=1S/C11H11N3O2S2/c1-16-8-4-2-3-7(5-8)6-17-11-14-13-10(18-11)9(12)15/h2-5H,6H2,1H3,(H2,12,15). The lowest BCUT2D eigenvalue weighted by atomic mass is 10.2. The van der Waals surface area contributed by atoms with E-state index >= 15 is 0 Å². The molecule has 5 nitrogen and oxygen atoms in total. The Morgan fingerprint density at radius 1 is 1.50 bits per heavy atom. The highest BCUT2D eigenvalue weighted by Crippen LogP contribution is 2.26. The smallest absolute Gasteiger partial charge is 0.279 e. The number of benzene rings is 1. The Morgan fingerprint density at radius 2 is 2.33 bits per heavy atom. The minimum Gasteiger partial charge on any atom is -0.497 e. The highest BCUT2D eigenvalue weighted by Gasteiger charge is 2.09. The second kappa shape index (κ2) is 5.83. The number of ether oxygens (including phenoxy) is 1. The summed E-state index contributed by atoms with van der Waals surface area (Å²) in [7, 11) is 1.64. The van der Waals surface area contributed by atoms with Crippen LogP contribution in [-0.2, 0) is 5.75 Å². The number of carbonyl (C=O) groups excluding carboxylic acids is 1. The monoisotopic (exact) mass is 281 g/mol. The molecule has 0 radical (unpaired) electrons. The van der Waals surface area contributed by atoms with Crippen molar-refractivity contribution in [2.75, 3.05) is 7.11 Å². The molecule has 1 heterocycles. The van der Waals surface area contributed by atoms with Gasteiger partial charge >= 0.3 is 0 Å². The van der Waals surface area contributed by atoms with Crippen LogP contribution in [0.1, 0.15) is 15.4 Å². The highest BCUT2D eigenvalue weighted by molar-refractivity contribution is 8.00. The molecule has 2 N–H and O–H groups in total. The van der Waals surface area contributed by atoms with Gasteiger partial charge in [0.1, 0.15) is 5.75 Å². The van der Waals surface area contributed by atoms with E-state index in [1.165, 1.54) is 23.1 Å². The molecule has 0 atom stereocenters. The van der Waals surface area contributed by atoms with Crippen LogP contribution in [0.2, 0.25) is 0 Å². The molecule has 7 heteroatoms. The first kappa shape index (κ1) is 12.8. The molecule has 2 rings (SSSR count). The third kappa shape index (κ3) is 3.21. The maximum absolute atomic E-state index is 10.9. The van der Waals surface area contributed by atoms with Gasteiger partial charge in [-0.25, -0.2) is 0 Å². The van der Waals surface area contributed by atoms with E-state index in [0.29, 0.717) is 0 Å². The predicted octanol–water partition coefficient (Wildman–Crippen LogP) is 1.94. The summed E-state index contributed by atoms with van der Waals surface area (Å²) in [6.45, 7) is 0. The largest absolute Gasteiger partial charge is 0.497 e. The quantitative estimate of drug-likeness (QED) is 0.847. The number of carbonyl (C=O) groups is 1. The van der Waals surface area contributed by atoms with E-state index in [1.54, 1.807) is 7.11 Å². The molecule has 2 aromatic rings. The normalized spacial score (nSPS) is 10.3. The maximum atomic E-state index is 10.9. The second-order valence-corrected chi connectivity index (χ2v) is 5.58. The zero-order valence-corrected chi connectivity index (χ0v) is 11.3. The van der Waals surface area contributed by atoms with Crippen LogP contribution in [0.25, 0.3) is 0 Å². The molecule has 0 aliphatic carbocycles. The molecular formula is C11H11N3O2S2. The Bertz CT molecular complexity index is 557. The molecule has 1 amide bonds. The van der Waals surface area contributed by atoms with Gasteiger partial charge in [-0.1, -0.05) is 35.2 Å². The van der Waals surface area contributed by atoms with E-state index in [4.69, 9.17) is 10.5 Å². The molecule has 18 heavy (non-hydrogen) atoms. The first-order chi connectivity index (χ1) is 8.69. The number of nitrogens with two attached hydrogens (primary N) is 1. The van der Waals surface area contributed by atoms with Crippen LogP contribution >= 0.6 is 23.1 Å². The molecule has 0 unspecified atom stereocenters. The van der Waals surface area contributed by atoms with Crippen LogP contribution in [0.5, 0.6) is 5.75 Å². The summed E-state index contributed by atoms with van der Waals surface area (Å²) >= 11 is 2.72. The molecule has 0 spiro atoms. The van der Waals surface area contributed by atoms with E-state index in [2.05, 4.69) is 10.2 Å². The fraction of sp³-hybridized carbons (Fsp3) is 0.182. The molecule has 0 saturated heterocycles. The van der Waals surface area contributed by atoms with Crippen LogP contribution in [0.4, 0.5) is 0 Å². The number of amides is 1. The number of hydrogen-bond acceptors (Lipinski definition) is 6. The fourth-order valence-electron chi connectivity index (χ4n) is 1.27. The lowest BCUT2D eigenvalue weighted by Gasteiger charge is -2.02. The van der Waals surface area contributed by atoms with Gasteiger partial charge in [0.2, 0.25) is 5.01 Å². The summed E-state index contributed by atoms with van der Waals surface area (Å²) in [6.07, 6.45) is 0. The third-order valence-electron chi connectivity index (χ3n) is 2.11. The number of nitrogens with zero attached hydrogens (tertiary/aromatic N) is 2. The van der Waals surface area contributed by atoms with Crippen LogP contribution in [-0.4, -0.2) is 23.2 Å². The molecule has 0 bridgehead atoms. The molecule has 1 aromatic carbocycles. The van der Waals surface area contributed by atoms with E-state index in [0.717, 1.165) is 21.4 Å². The molecule has 0 aliphatic heterocycles. The Morgan fingerprint density at radius 3 is 3.00 bits per heavy atom. The van der Waals surface area contributed by atoms with Crippen LogP contribution in [0, 0.1) is 0 Å². The van der Waals surface area contributed by atoms with Crippen LogP contribution in [0.3, 0.4) is 0 Å². The number of aromatic nitrogens is 2. The van der Waals surface area contributed by atoms with E-state index in [-0.39, 0.29) is 5.01 Å². The van der Waals surface area contributed by atoms with Gasteiger partial charge in [-0.3, -0.25) is 4.79 Å². The van der Waals surface area contributed by atoms with Crippen molar-refractivity contribution in [3.63, 3.8) is 0 Å². The number of hydrogen-bond donors (Lipinski definition) is 1. The van der Waals surface area contributed by atoms with E-state index < -0.39 is 5.91 Å². The fourth-order valence-corrected chi connectivity index (χ4v) is 2.92. The van der Waals surface area contributed by atoms with E-state index in [1.807, 2.05) is 24.3 Å². The molecule has 0 aliphatic rings. The summed E-state index contributed by atoms with van der Waals surface area (Å²) < 4.78 is 5.87. The minimum atomic E-state index is -0.541. The van der Waals surface area contributed by atoms with Gasteiger partial charge in [-0.15, -0.1) is 10.2 Å². The number of methoxy groups -OCH3 is 1. The van der Waals surface area contributed by atoms with Crippen molar-refractivity contribution >= 4 is 29.0 Å². The zero-order valence-electron chi connectivity index (χ0n) is 9.62. The van der Waals surface area contributed by atoms with Gasteiger partial charge in [-0.05, 0) is 17.7 Å². The molecular weight excluding hydrogens is 270 g/mol. The molecule has 0 fully saturated rings. The third-order valence-corrected chi connectivity index (χ3v) is 4.26. The Hall–Kier alpha value is -1.60. The van der Waals surface area contributed by atoms with Gasteiger partial charge < -0.3 is 10.5 Å². The van der Waals surface area contributed by atoms with E-state index in [9.17, 15) is 4.79 Å². The van der Waals surface area contributed by atoms with Crippen molar-refractivity contribution in [1.82, 2.24) is 10.2 Å². The van der Waals surface area contributed by atoms with Crippen LogP contribution in [0.15, 0.2) is 28.6 Å². The second-order valence-electron chi connectivity index (χ2n) is 3.38. The molecule has 94 valence electrons. The van der Waals surface area contributed by atoms with Gasteiger partial charge in [-0.2, -0.15) is 0 Å². The summed E-state index contributed by atoms with van der Waals surface area (Å²) in [5, 5.41) is 7.84. The Balaban J connectivity index is 1.99. The summed E-state index contributed by atoms with van der Waals surface area (Å²) in [6, 6.07) is 7.79. The SMILES string of the molecule is COc1cccc(CSc2nnc(C(N)=O)s2)c1. The minimum absolute atomic E-state index is 0.239. The first-order valence-corrected chi connectivity index (χ1v) is 6.88. The summed E-state index contributed by atoms with van der Waals surface area (Å²) in [5.74, 6) is 1.02. The molecule has 0 saturated carbocycles. The first-order valence-electron chi connectivity index (χ1n) is 5.08. The average molecular weight is 281 g/mol. The summed E-state index contributed by atoms with van der Waals surface area (Å²) in [4.78, 5) is 10.9. The Kier molecular flexibility index (Phi) is 4.16. The van der Waals surface area contributed by atoms with Crippen molar-refractivity contribution in [3.05, 3.63) is 34.8 Å². The van der Waals surface area contributed by atoms with Crippen molar-refractivity contribution in [2.45, 2.75) is 10.1 Å². The predicted molar refractivity (Wildman–Crippen MR) is 71.0 cm³/mol. The zero-order chi connectivity index (χ0) is 13.0. The van der Waals surface area contributed by atoms with Crippen molar-refractivity contribution in [1.29, 1.82) is 0 Å². The van der Waals surface area contributed by atoms with Gasteiger partial charge in [0.15, 0.2) is 4.34 Å². The molecule has 1 aromatic heterocycles. The van der Waals surface area contributed by atoms with Gasteiger partial charge in [0.25, 0.3) is 5.91 Å². The lowest BCUT2D eigenvalue weighted by molar-refractivity contribution is 0.0999. The number of rotatable bonds is 5. The van der Waals surface area contributed by atoms with Gasteiger partial charge in [0.05, 0.1) is 7.11 Å². The van der Waals surface area contributed by atoms with Crippen molar-refractivity contribution in [2.24, 2.45) is 5.73 Å². The van der Waals surface area contributed by atoms with Crippen molar-refractivity contribution < 1.29 is 9.53 Å². The maximum Gasteiger partial charge on any atom is 0.279 e. The summed E-state index contributed by atoms with van der Waals surface area (Å²) in [5.41, 5.74) is 6.24. The van der Waals surface area contributed by atoms with Crippen LogP contribution < -0.4 is 10.5 Å². The topological polar surface area (TPSA) is 78.1 Å².